The van der Waals surface area contributed by atoms with Crippen molar-refractivity contribution in [3.63, 3.8) is 0 Å². The summed E-state index contributed by atoms with van der Waals surface area (Å²) in [6.45, 7) is 0.266. The van der Waals surface area contributed by atoms with Gasteiger partial charge in [0.25, 0.3) is 10.0 Å². The first-order valence-electron chi connectivity index (χ1n) is 10.4. The monoisotopic (exact) mass is 469 g/mol. The predicted molar refractivity (Wildman–Crippen MR) is 129 cm³/mol. The Kier molecular flexibility index (Phi) is 5.36. The number of benzene rings is 3. The fourth-order valence-electron chi connectivity index (χ4n) is 3.76. The smallest absolute Gasteiger partial charge is 0.263 e. The fourth-order valence-corrected chi connectivity index (χ4v) is 4.87. The highest BCUT2D eigenvalue weighted by atomic mass is 32.2. The van der Waals surface area contributed by atoms with Crippen LogP contribution in [0.3, 0.4) is 0 Å². The van der Waals surface area contributed by atoms with Crippen LogP contribution in [0.15, 0.2) is 83.8 Å². The molecule has 0 saturated carbocycles. The number of fused-ring (bicyclic) bond motifs is 2. The van der Waals surface area contributed by atoms with Crippen LogP contribution in [0.25, 0.3) is 22.2 Å². The van der Waals surface area contributed by atoms with Gasteiger partial charge in [-0.3, -0.25) is 4.72 Å². The second-order valence-electron chi connectivity index (χ2n) is 7.57. The van der Waals surface area contributed by atoms with E-state index in [2.05, 4.69) is 15.8 Å². The first kappa shape index (κ1) is 21.4. The maximum absolute atomic E-state index is 13.2. The van der Waals surface area contributed by atoms with Gasteiger partial charge in [0.05, 0.1) is 29.6 Å². The molecule has 34 heavy (non-hydrogen) atoms. The molecule has 0 bridgehead atoms. The molecule has 0 radical (unpaired) electrons. The average Bonchev–Trinajstić information content (AvgIpc) is 3.14. The standard InChI is InChI=1S/C25H19N5O3S/c1-33-18-13-11-17(12-14-18)16-30-24(29-34(31,32)19-7-3-2-4-8-19)20(15-26)23-25(30)28-22-10-6-5-9-21(22)27-23/h2-14,29H,16H2,1H3. The molecule has 0 aliphatic heterocycles. The van der Waals surface area contributed by atoms with Gasteiger partial charge < -0.3 is 9.30 Å². The van der Waals surface area contributed by atoms with Crippen molar-refractivity contribution in [3.05, 3.63) is 90.0 Å². The highest BCUT2D eigenvalue weighted by Gasteiger charge is 2.25. The van der Waals surface area contributed by atoms with Crippen molar-refractivity contribution < 1.29 is 13.2 Å². The van der Waals surface area contributed by atoms with Crippen LogP contribution in [-0.2, 0) is 16.6 Å². The molecule has 5 aromatic rings. The van der Waals surface area contributed by atoms with E-state index in [-0.39, 0.29) is 22.8 Å². The molecule has 0 spiro atoms. The van der Waals surface area contributed by atoms with Gasteiger partial charge in [-0.15, -0.1) is 0 Å². The summed E-state index contributed by atoms with van der Waals surface area (Å²) in [5, 5.41) is 10.0. The molecule has 168 valence electrons. The Morgan fingerprint density at radius 1 is 0.941 bits per heavy atom. The summed E-state index contributed by atoms with van der Waals surface area (Å²) in [7, 11) is -2.38. The number of nitrogens with one attached hydrogen (secondary N) is 1. The Labute approximate surface area is 196 Å². The van der Waals surface area contributed by atoms with Gasteiger partial charge in [0.1, 0.15) is 28.7 Å². The third-order valence-electron chi connectivity index (χ3n) is 5.45. The number of nitriles is 1. The number of nitrogens with zero attached hydrogens (tertiary/aromatic N) is 4. The highest BCUT2D eigenvalue weighted by Crippen LogP contribution is 2.32. The SMILES string of the molecule is COc1ccc(Cn2c(NS(=O)(=O)c3ccccc3)c(C#N)c3nc4ccccc4nc32)cc1. The second kappa shape index (κ2) is 8.50. The molecule has 0 unspecified atom stereocenters. The summed E-state index contributed by atoms with van der Waals surface area (Å²) in [6, 6.07) is 24.8. The number of methoxy groups -OCH3 is 1. The number of hydrogen-bond acceptors (Lipinski definition) is 6. The van der Waals surface area contributed by atoms with Crippen molar-refractivity contribution in [2.45, 2.75) is 11.4 Å². The van der Waals surface area contributed by atoms with E-state index in [1.54, 1.807) is 35.9 Å². The summed E-state index contributed by atoms with van der Waals surface area (Å²) in [4.78, 5) is 9.46. The fraction of sp³-hybridized carbons (Fsp3) is 0.0800. The van der Waals surface area contributed by atoms with Crippen molar-refractivity contribution in [1.29, 1.82) is 5.26 Å². The number of rotatable bonds is 6. The lowest BCUT2D eigenvalue weighted by Gasteiger charge is -2.13. The number of ether oxygens (including phenoxy) is 1. The van der Waals surface area contributed by atoms with E-state index in [1.807, 2.05) is 42.5 Å². The van der Waals surface area contributed by atoms with Gasteiger partial charge in [-0.05, 0) is 42.0 Å². The lowest BCUT2D eigenvalue weighted by Crippen LogP contribution is -2.17. The maximum atomic E-state index is 13.2. The number of para-hydroxylation sites is 2. The van der Waals surface area contributed by atoms with Gasteiger partial charge in [-0.2, -0.15) is 5.26 Å². The van der Waals surface area contributed by atoms with Crippen molar-refractivity contribution >= 4 is 38.0 Å². The molecule has 0 saturated heterocycles. The Bertz CT molecular complexity index is 1660. The molecular weight excluding hydrogens is 450 g/mol. The summed E-state index contributed by atoms with van der Waals surface area (Å²) in [5.74, 6) is 0.821. The Morgan fingerprint density at radius 2 is 1.59 bits per heavy atom. The average molecular weight is 470 g/mol. The van der Waals surface area contributed by atoms with Crippen molar-refractivity contribution in [3.8, 4) is 11.8 Å². The predicted octanol–water partition coefficient (Wildman–Crippen LogP) is 4.31. The summed E-state index contributed by atoms with van der Waals surface area (Å²) >= 11 is 0. The molecule has 0 fully saturated rings. The van der Waals surface area contributed by atoms with Gasteiger partial charge in [-0.25, -0.2) is 18.4 Å². The molecule has 0 atom stereocenters. The molecule has 0 aliphatic rings. The molecule has 9 heteroatoms. The van der Waals surface area contributed by atoms with Crippen LogP contribution in [0.1, 0.15) is 11.1 Å². The first-order chi connectivity index (χ1) is 16.5. The lowest BCUT2D eigenvalue weighted by atomic mass is 10.2. The zero-order valence-electron chi connectivity index (χ0n) is 18.1. The molecule has 2 heterocycles. The molecule has 2 aromatic heterocycles. The van der Waals surface area contributed by atoms with E-state index in [0.29, 0.717) is 27.9 Å². The zero-order valence-corrected chi connectivity index (χ0v) is 19.0. The Hall–Kier alpha value is -4.42. The van der Waals surface area contributed by atoms with Crippen LogP contribution in [0.4, 0.5) is 5.82 Å². The van der Waals surface area contributed by atoms with E-state index in [1.165, 1.54) is 12.1 Å². The Balaban J connectivity index is 1.73. The number of hydrogen-bond donors (Lipinski definition) is 1. The minimum absolute atomic E-state index is 0.0891. The highest BCUT2D eigenvalue weighted by molar-refractivity contribution is 7.92. The lowest BCUT2D eigenvalue weighted by molar-refractivity contribution is 0.414. The second-order valence-corrected chi connectivity index (χ2v) is 9.26. The van der Waals surface area contributed by atoms with Gasteiger partial charge >= 0.3 is 0 Å². The summed E-state index contributed by atoms with van der Waals surface area (Å²) in [5.41, 5.74) is 2.99. The topological polar surface area (TPSA) is 110 Å². The van der Waals surface area contributed by atoms with Crippen molar-refractivity contribution in [2.24, 2.45) is 0 Å². The maximum Gasteiger partial charge on any atom is 0.263 e. The van der Waals surface area contributed by atoms with E-state index < -0.39 is 10.0 Å². The number of aromatic nitrogens is 3. The quantitative estimate of drug-likeness (QED) is 0.397. The van der Waals surface area contributed by atoms with Gasteiger partial charge in [0, 0.05) is 0 Å². The largest absolute Gasteiger partial charge is 0.497 e. The zero-order chi connectivity index (χ0) is 23.7. The molecule has 1 N–H and O–H groups in total. The first-order valence-corrected chi connectivity index (χ1v) is 11.9. The van der Waals surface area contributed by atoms with Gasteiger partial charge in [0.15, 0.2) is 5.65 Å². The van der Waals surface area contributed by atoms with E-state index in [0.717, 1.165) is 5.56 Å². The molecule has 8 nitrogen and oxygen atoms in total. The summed E-state index contributed by atoms with van der Waals surface area (Å²) < 4.78 is 35.9. The van der Waals surface area contributed by atoms with Crippen molar-refractivity contribution in [2.75, 3.05) is 11.8 Å². The van der Waals surface area contributed by atoms with Crippen LogP contribution < -0.4 is 9.46 Å². The third kappa shape index (κ3) is 3.80. The molecule has 0 aliphatic carbocycles. The number of anilines is 1. The van der Waals surface area contributed by atoms with Crippen LogP contribution in [0.5, 0.6) is 5.75 Å². The van der Waals surface area contributed by atoms with Gasteiger partial charge in [0.2, 0.25) is 0 Å². The Morgan fingerprint density at radius 3 is 2.24 bits per heavy atom. The van der Waals surface area contributed by atoms with Crippen LogP contribution in [0.2, 0.25) is 0 Å². The minimum Gasteiger partial charge on any atom is -0.497 e. The van der Waals surface area contributed by atoms with E-state index in [9.17, 15) is 13.7 Å². The number of sulfonamides is 1. The van der Waals surface area contributed by atoms with E-state index in [4.69, 9.17) is 9.72 Å². The third-order valence-corrected chi connectivity index (χ3v) is 6.80. The minimum atomic E-state index is -3.96. The molecule has 3 aromatic carbocycles. The van der Waals surface area contributed by atoms with Crippen LogP contribution in [0, 0.1) is 11.3 Å². The molecule has 0 amide bonds. The molecular formula is C25H19N5O3S. The molecule has 5 rings (SSSR count). The summed E-state index contributed by atoms with van der Waals surface area (Å²) in [6.07, 6.45) is 0. The van der Waals surface area contributed by atoms with Crippen LogP contribution in [-0.4, -0.2) is 30.1 Å². The van der Waals surface area contributed by atoms with Crippen molar-refractivity contribution in [1.82, 2.24) is 14.5 Å². The van der Waals surface area contributed by atoms with Crippen LogP contribution >= 0.6 is 0 Å². The van der Waals surface area contributed by atoms with E-state index >= 15 is 0 Å². The normalized spacial score (nSPS) is 11.4. The van der Waals surface area contributed by atoms with Gasteiger partial charge in [-0.1, -0.05) is 42.5 Å².